The third-order valence-corrected chi connectivity index (χ3v) is 4.51. The van der Waals surface area contributed by atoms with Gasteiger partial charge in [-0.2, -0.15) is 0 Å². The first-order chi connectivity index (χ1) is 5.37. The van der Waals surface area contributed by atoms with Crippen LogP contribution in [0.4, 0.5) is 0 Å². The minimum absolute atomic E-state index is 0.778. The van der Waals surface area contributed by atoms with E-state index >= 15 is 0 Å². The van der Waals surface area contributed by atoms with Crippen molar-refractivity contribution in [3.05, 3.63) is 0 Å². The SMILES string of the molecule is CCC1CC2CCC23CCN13. The van der Waals surface area contributed by atoms with E-state index in [1.54, 1.807) is 0 Å². The molecule has 1 nitrogen and oxygen atoms in total. The fourth-order valence-corrected chi connectivity index (χ4v) is 3.64. The summed E-state index contributed by atoms with van der Waals surface area (Å²) in [6.45, 7) is 3.76. The predicted molar refractivity (Wildman–Crippen MR) is 45.5 cm³/mol. The maximum atomic E-state index is 2.81. The molecule has 0 radical (unpaired) electrons. The molecule has 3 rings (SSSR count). The fraction of sp³-hybridized carbons (Fsp3) is 1.00. The monoisotopic (exact) mass is 151 g/mol. The second kappa shape index (κ2) is 1.82. The van der Waals surface area contributed by atoms with E-state index < -0.39 is 0 Å². The van der Waals surface area contributed by atoms with Crippen LogP contribution in [0.5, 0.6) is 0 Å². The molecular formula is C10H17N. The average Bonchev–Trinajstić information content (AvgIpc) is 2.04. The van der Waals surface area contributed by atoms with Crippen LogP contribution in [0.2, 0.25) is 0 Å². The number of hydrogen-bond acceptors (Lipinski definition) is 1. The van der Waals surface area contributed by atoms with Gasteiger partial charge in [0.05, 0.1) is 0 Å². The lowest BCUT2D eigenvalue weighted by atomic mass is 9.62. The second-order valence-corrected chi connectivity index (χ2v) is 4.58. The summed E-state index contributed by atoms with van der Waals surface area (Å²) in [7, 11) is 0. The molecule has 1 saturated carbocycles. The van der Waals surface area contributed by atoms with Gasteiger partial charge in [0.15, 0.2) is 0 Å². The van der Waals surface area contributed by atoms with Crippen LogP contribution in [0.15, 0.2) is 0 Å². The Bertz CT molecular complexity index is 185. The van der Waals surface area contributed by atoms with Crippen molar-refractivity contribution in [3.63, 3.8) is 0 Å². The fourth-order valence-electron chi connectivity index (χ4n) is 3.64. The van der Waals surface area contributed by atoms with Gasteiger partial charge in [0, 0.05) is 18.1 Å². The maximum Gasteiger partial charge on any atom is 0.0253 e. The first kappa shape index (κ1) is 6.47. The van der Waals surface area contributed by atoms with Crippen LogP contribution in [0.25, 0.3) is 0 Å². The van der Waals surface area contributed by atoms with Crippen molar-refractivity contribution >= 4 is 0 Å². The molecule has 1 aliphatic carbocycles. The summed E-state index contributed by atoms with van der Waals surface area (Å²) >= 11 is 0. The first-order valence-electron chi connectivity index (χ1n) is 5.13. The van der Waals surface area contributed by atoms with E-state index in [1.807, 2.05) is 0 Å². The molecule has 0 aromatic carbocycles. The van der Waals surface area contributed by atoms with Gasteiger partial charge in [0.2, 0.25) is 0 Å². The predicted octanol–water partition coefficient (Wildman–Crippen LogP) is 2.02. The summed E-state index contributed by atoms with van der Waals surface area (Å²) in [5.41, 5.74) is 0.778. The van der Waals surface area contributed by atoms with Crippen molar-refractivity contribution in [3.8, 4) is 0 Å². The smallest absolute Gasteiger partial charge is 0.0253 e. The van der Waals surface area contributed by atoms with E-state index in [4.69, 9.17) is 0 Å². The lowest BCUT2D eigenvalue weighted by molar-refractivity contribution is -0.0812. The minimum atomic E-state index is 0.778. The molecule has 0 aromatic rings. The zero-order valence-electron chi connectivity index (χ0n) is 7.34. The van der Waals surface area contributed by atoms with Crippen molar-refractivity contribution < 1.29 is 0 Å². The van der Waals surface area contributed by atoms with E-state index in [1.165, 1.54) is 38.6 Å². The molecule has 62 valence electrons. The van der Waals surface area contributed by atoms with Crippen LogP contribution in [-0.2, 0) is 0 Å². The molecule has 0 N–H and O–H groups in total. The summed E-state index contributed by atoms with van der Waals surface area (Å²) in [4.78, 5) is 2.81. The van der Waals surface area contributed by atoms with Crippen molar-refractivity contribution in [1.82, 2.24) is 4.90 Å². The Hall–Kier alpha value is -0.0400. The van der Waals surface area contributed by atoms with Gasteiger partial charge in [-0.1, -0.05) is 6.92 Å². The highest BCUT2D eigenvalue weighted by atomic mass is 15.3. The number of hydrogen-bond donors (Lipinski definition) is 0. The average molecular weight is 151 g/mol. The number of rotatable bonds is 1. The highest BCUT2D eigenvalue weighted by Gasteiger charge is 2.62. The highest BCUT2D eigenvalue weighted by molar-refractivity contribution is 5.17. The molecule has 2 saturated heterocycles. The molecular weight excluding hydrogens is 134 g/mol. The topological polar surface area (TPSA) is 3.24 Å². The summed E-state index contributed by atoms with van der Waals surface area (Å²) in [6, 6.07) is 0.969. The first-order valence-corrected chi connectivity index (χ1v) is 5.13. The summed E-state index contributed by atoms with van der Waals surface area (Å²) in [5, 5.41) is 0. The second-order valence-electron chi connectivity index (χ2n) is 4.58. The molecule has 3 fully saturated rings. The molecule has 0 amide bonds. The summed E-state index contributed by atoms with van der Waals surface area (Å²) in [6.07, 6.45) is 7.49. The Balaban J connectivity index is 1.87. The lowest BCUT2D eigenvalue weighted by Crippen LogP contribution is -2.64. The van der Waals surface area contributed by atoms with Gasteiger partial charge >= 0.3 is 0 Å². The van der Waals surface area contributed by atoms with Gasteiger partial charge < -0.3 is 0 Å². The van der Waals surface area contributed by atoms with E-state index in [2.05, 4.69) is 11.8 Å². The Kier molecular flexibility index (Phi) is 1.07. The molecule has 2 aliphatic heterocycles. The zero-order chi connectivity index (χ0) is 7.47. The van der Waals surface area contributed by atoms with Crippen LogP contribution >= 0.6 is 0 Å². The molecule has 1 heteroatoms. The molecule has 1 spiro atoms. The van der Waals surface area contributed by atoms with Crippen LogP contribution < -0.4 is 0 Å². The number of nitrogens with zero attached hydrogens (tertiary/aromatic N) is 1. The molecule has 11 heavy (non-hydrogen) atoms. The maximum absolute atomic E-state index is 2.81. The summed E-state index contributed by atoms with van der Waals surface area (Å²) < 4.78 is 0. The van der Waals surface area contributed by atoms with Crippen molar-refractivity contribution in [2.75, 3.05) is 6.54 Å². The van der Waals surface area contributed by atoms with Gasteiger partial charge in [-0.15, -0.1) is 0 Å². The van der Waals surface area contributed by atoms with Crippen molar-refractivity contribution in [1.29, 1.82) is 0 Å². The molecule has 3 aliphatic rings. The van der Waals surface area contributed by atoms with E-state index in [9.17, 15) is 0 Å². The van der Waals surface area contributed by atoms with E-state index in [0.717, 1.165) is 17.5 Å². The molecule has 0 aromatic heterocycles. The normalized spacial score (nSPS) is 54.3. The van der Waals surface area contributed by atoms with Crippen LogP contribution in [0, 0.1) is 5.92 Å². The molecule has 3 atom stereocenters. The van der Waals surface area contributed by atoms with E-state index in [0.29, 0.717) is 0 Å². The minimum Gasteiger partial charge on any atom is -0.294 e. The van der Waals surface area contributed by atoms with Crippen molar-refractivity contribution in [2.24, 2.45) is 5.92 Å². The highest BCUT2D eigenvalue weighted by Crippen LogP contribution is 2.59. The van der Waals surface area contributed by atoms with Gasteiger partial charge in [0.25, 0.3) is 0 Å². The van der Waals surface area contributed by atoms with Crippen LogP contribution in [0.3, 0.4) is 0 Å². The van der Waals surface area contributed by atoms with Crippen LogP contribution in [-0.4, -0.2) is 23.0 Å². The summed E-state index contributed by atoms with van der Waals surface area (Å²) in [5.74, 6) is 1.11. The lowest BCUT2D eigenvalue weighted by Gasteiger charge is -2.59. The largest absolute Gasteiger partial charge is 0.294 e. The van der Waals surface area contributed by atoms with Gasteiger partial charge in [0.1, 0.15) is 0 Å². The third-order valence-electron chi connectivity index (χ3n) is 4.51. The molecule has 3 unspecified atom stereocenters. The van der Waals surface area contributed by atoms with Crippen LogP contribution in [0.1, 0.15) is 39.0 Å². The third kappa shape index (κ3) is 0.547. The van der Waals surface area contributed by atoms with E-state index in [-0.39, 0.29) is 0 Å². The molecule has 0 bridgehead atoms. The van der Waals surface area contributed by atoms with Gasteiger partial charge in [-0.05, 0) is 38.0 Å². The Morgan fingerprint density at radius 2 is 2.36 bits per heavy atom. The van der Waals surface area contributed by atoms with Gasteiger partial charge in [-0.25, -0.2) is 0 Å². The Labute approximate surface area is 68.8 Å². The molecule has 2 heterocycles. The van der Waals surface area contributed by atoms with Crippen molar-refractivity contribution in [2.45, 2.75) is 50.6 Å². The standard InChI is InChI=1S/C10H17N/c1-2-9-7-8-3-4-10(8)5-6-11(9)10/h8-9H,2-7H2,1H3. The quantitative estimate of drug-likeness (QED) is 0.554. The Morgan fingerprint density at radius 1 is 1.45 bits per heavy atom. The Morgan fingerprint density at radius 3 is 2.73 bits per heavy atom. The zero-order valence-corrected chi connectivity index (χ0v) is 7.34. The van der Waals surface area contributed by atoms with Gasteiger partial charge in [-0.3, -0.25) is 4.90 Å².